The van der Waals surface area contributed by atoms with Crippen molar-refractivity contribution in [1.82, 2.24) is 9.79 Å². The molecular formula is C9H22N2O3Si. The van der Waals surface area contributed by atoms with E-state index in [-0.39, 0.29) is 0 Å². The van der Waals surface area contributed by atoms with Gasteiger partial charge in [0.15, 0.2) is 0 Å². The van der Waals surface area contributed by atoms with Crippen LogP contribution < -0.4 is 0 Å². The molecule has 1 aliphatic rings. The Balaban J connectivity index is 2.62. The summed E-state index contributed by atoms with van der Waals surface area (Å²) in [6.45, 7) is 4.86. The van der Waals surface area contributed by atoms with Crippen molar-refractivity contribution in [1.29, 1.82) is 0 Å². The second kappa shape index (κ2) is 5.93. The average Bonchev–Trinajstić information content (AvgIpc) is 2.24. The van der Waals surface area contributed by atoms with Gasteiger partial charge in [0, 0.05) is 26.7 Å². The summed E-state index contributed by atoms with van der Waals surface area (Å²) in [4.78, 5) is 10.7. The van der Waals surface area contributed by atoms with Crippen LogP contribution in [0.4, 0.5) is 0 Å². The quantitative estimate of drug-likeness (QED) is 0.676. The molecule has 0 bridgehead atoms. The minimum absolute atomic E-state index is 0.834. The highest BCUT2D eigenvalue weighted by atomic mass is 28.4. The number of hydroxylamine groups is 3. The molecule has 0 N–H and O–H groups in total. The molecule has 0 spiro atoms. The van der Waals surface area contributed by atoms with Gasteiger partial charge in [-0.3, -0.25) is 0 Å². The predicted molar refractivity (Wildman–Crippen MR) is 60.3 cm³/mol. The molecule has 0 amide bonds. The van der Waals surface area contributed by atoms with Crippen molar-refractivity contribution in [2.45, 2.75) is 19.0 Å². The van der Waals surface area contributed by atoms with E-state index in [1.165, 1.54) is 0 Å². The zero-order valence-corrected chi connectivity index (χ0v) is 11.2. The zero-order chi connectivity index (χ0) is 11.3. The van der Waals surface area contributed by atoms with Gasteiger partial charge >= 0.3 is 0 Å². The van der Waals surface area contributed by atoms with Gasteiger partial charge in [-0.2, -0.15) is 9.79 Å². The van der Waals surface area contributed by atoms with Crippen LogP contribution in [0.3, 0.4) is 0 Å². The van der Waals surface area contributed by atoms with Crippen LogP contribution in [0.1, 0.15) is 6.42 Å². The Morgan fingerprint density at radius 3 is 2.27 bits per heavy atom. The molecule has 0 saturated carbocycles. The molecule has 1 heterocycles. The van der Waals surface area contributed by atoms with Crippen molar-refractivity contribution in [2.24, 2.45) is 0 Å². The Kier molecular flexibility index (Phi) is 5.17. The van der Waals surface area contributed by atoms with Crippen LogP contribution in [-0.4, -0.2) is 59.2 Å². The van der Waals surface area contributed by atoms with Gasteiger partial charge in [0.25, 0.3) is 8.48 Å². The summed E-state index contributed by atoms with van der Waals surface area (Å²) in [5, 5.41) is 1.97. The van der Waals surface area contributed by atoms with Crippen molar-refractivity contribution in [2.75, 3.05) is 41.0 Å². The first kappa shape index (κ1) is 13.1. The van der Waals surface area contributed by atoms with Crippen LogP contribution in [0, 0.1) is 0 Å². The van der Waals surface area contributed by atoms with Gasteiger partial charge in [-0.15, -0.1) is 0 Å². The van der Waals surface area contributed by atoms with E-state index in [2.05, 4.69) is 6.55 Å². The third-order valence-electron chi connectivity index (χ3n) is 3.05. The molecule has 1 aliphatic heterocycles. The fraction of sp³-hybridized carbons (Fsp3) is 1.00. The Labute approximate surface area is 93.0 Å². The van der Waals surface area contributed by atoms with E-state index in [4.69, 9.17) is 14.1 Å². The van der Waals surface area contributed by atoms with E-state index in [9.17, 15) is 0 Å². The smallest absolute Gasteiger partial charge is 0.292 e. The maximum atomic E-state index is 5.67. The topological polar surface area (TPSA) is 34.2 Å². The van der Waals surface area contributed by atoms with E-state index >= 15 is 0 Å². The molecule has 1 saturated heterocycles. The van der Waals surface area contributed by atoms with Gasteiger partial charge in [-0.05, 0) is 19.0 Å². The van der Waals surface area contributed by atoms with Crippen LogP contribution in [0.2, 0.25) is 12.6 Å². The minimum atomic E-state index is -1.84. The van der Waals surface area contributed by atoms with Gasteiger partial charge in [-0.1, -0.05) is 0 Å². The van der Waals surface area contributed by atoms with Crippen molar-refractivity contribution in [3.05, 3.63) is 0 Å². The second-order valence-corrected chi connectivity index (χ2v) is 7.64. The number of rotatable bonds is 3. The third kappa shape index (κ3) is 3.23. The maximum absolute atomic E-state index is 5.67. The average molecular weight is 234 g/mol. The fourth-order valence-electron chi connectivity index (χ4n) is 1.93. The van der Waals surface area contributed by atoms with E-state index in [1.54, 1.807) is 21.3 Å². The highest BCUT2D eigenvalue weighted by Crippen LogP contribution is 2.21. The van der Waals surface area contributed by atoms with Gasteiger partial charge in [0.05, 0.1) is 14.2 Å². The summed E-state index contributed by atoms with van der Waals surface area (Å²) in [5.41, 5.74) is 0. The van der Waals surface area contributed by atoms with Crippen LogP contribution in [0.15, 0.2) is 0 Å². The van der Waals surface area contributed by atoms with Gasteiger partial charge in [0.2, 0.25) is 0 Å². The molecule has 90 valence electrons. The first-order valence-corrected chi connectivity index (χ1v) is 7.88. The number of hydrogen-bond donors (Lipinski definition) is 0. The lowest BCUT2D eigenvalue weighted by molar-refractivity contribution is -0.157. The largest absolute Gasteiger partial charge is 0.405 e. The molecule has 15 heavy (non-hydrogen) atoms. The lowest BCUT2D eigenvalue weighted by atomic mass is 10.4. The zero-order valence-electron chi connectivity index (χ0n) is 10.2. The van der Waals surface area contributed by atoms with Crippen molar-refractivity contribution < 1.29 is 14.1 Å². The highest BCUT2D eigenvalue weighted by molar-refractivity contribution is 6.69. The first-order valence-electron chi connectivity index (χ1n) is 5.32. The molecule has 5 nitrogen and oxygen atoms in total. The Morgan fingerprint density at radius 1 is 1.00 bits per heavy atom. The van der Waals surface area contributed by atoms with Crippen LogP contribution >= 0.6 is 0 Å². The molecule has 1 rings (SSSR count). The van der Waals surface area contributed by atoms with Gasteiger partial charge < -0.3 is 14.1 Å². The molecule has 1 unspecified atom stereocenters. The monoisotopic (exact) mass is 234 g/mol. The molecule has 0 aromatic carbocycles. The highest BCUT2D eigenvalue weighted by Gasteiger charge is 2.37. The Bertz CT molecular complexity index is 196. The molecule has 0 aromatic heterocycles. The van der Waals surface area contributed by atoms with Crippen LogP contribution in [0.25, 0.3) is 0 Å². The van der Waals surface area contributed by atoms with E-state index in [1.807, 2.05) is 9.79 Å². The number of nitrogens with zero attached hydrogens (tertiary/aromatic N) is 2. The van der Waals surface area contributed by atoms with E-state index < -0.39 is 8.48 Å². The maximum Gasteiger partial charge on any atom is 0.292 e. The summed E-state index contributed by atoms with van der Waals surface area (Å²) >= 11 is 0. The van der Waals surface area contributed by atoms with Crippen LogP contribution in [0.5, 0.6) is 0 Å². The summed E-state index contributed by atoms with van der Waals surface area (Å²) < 4.78 is 7.68. The first-order chi connectivity index (χ1) is 7.16. The Morgan fingerprint density at radius 2 is 1.73 bits per heavy atom. The second-order valence-electron chi connectivity index (χ2n) is 3.88. The van der Waals surface area contributed by atoms with Crippen LogP contribution in [-0.2, 0) is 14.1 Å². The molecule has 0 aliphatic carbocycles. The lowest BCUT2D eigenvalue weighted by Gasteiger charge is -2.38. The lowest BCUT2D eigenvalue weighted by Crippen LogP contribution is -2.56. The molecule has 6 heteroatoms. The number of hydrogen-bond acceptors (Lipinski definition) is 5. The van der Waals surface area contributed by atoms with E-state index in [0.29, 0.717) is 0 Å². The van der Waals surface area contributed by atoms with E-state index in [0.717, 1.165) is 32.1 Å². The molecule has 1 atom stereocenters. The minimum Gasteiger partial charge on any atom is -0.405 e. The summed E-state index contributed by atoms with van der Waals surface area (Å²) in [6, 6.07) is 1.07. The molecule has 0 radical (unpaired) electrons. The third-order valence-corrected chi connectivity index (χ3v) is 6.67. The molecular weight excluding hydrogens is 212 g/mol. The van der Waals surface area contributed by atoms with Gasteiger partial charge in [0.1, 0.15) is 0 Å². The van der Waals surface area contributed by atoms with Crippen molar-refractivity contribution in [3.8, 4) is 0 Å². The van der Waals surface area contributed by atoms with Crippen molar-refractivity contribution in [3.63, 3.8) is 0 Å². The summed E-state index contributed by atoms with van der Waals surface area (Å²) in [5.74, 6) is 0. The van der Waals surface area contributed by atoms with Crippen molar-refractivity contribution >= 4 is 8.48 Å². The standard InChI is InChI=1S/C9H22N2O3Si/c1-12-10-6-5-9-15(4,14-3)11(13-2)8-7-10/h5-9H2,1-4H3. The SMILES string of the molecule is CON1CCC[Si](C)(OC)N(OC)CC1. The predicted octanol–water partition coefficient (Wildman–Crippen LogP) is 0.835. The Hall–Kier alpha value is 0.0169. The molecule has 0 aromatic rings. The van der Waals surface area contributed by atoms with Gasteiger partial charge in [-0.25, -0.2) is 0 Å². The normalized spacial score (nSPS) is 31.2. The summed E-state index contributed by atoms with van der Waals surface area (Å²) in [6.07, 6.45) is 1.09. The summed E-state index contributed by atoms with van der Waals surface area (Å²) in [7, 11) is 3.37. The molecule has 1 fully saturated rings. The fourth-order valence-corrected chi connectivity index (χ4v) is 4.36.